The molecule has 2 N–H and O–H groups in total. The zero-order valence-electron chi connectivity index (χ0n) is 14.2. The van der Waals surface area contributed by atoms with Crippen LogP contribution in [0, 0.1) is 5.92 Å². The van der Waals surface area contributed by atoms with Gasteiger partial charge in [0.2, 0.25) is 17.7 Å². The summed E-state index contributed by atoms with van der Waals surface area (Å²) < 4.78 is 37.2. The lowest BCUT2D eigenvalue weighted by molar-refractivity contribution is -0.157. The molecule has 0 aliphatic carbocycles. The standard InChI is InChI=1S/C17H20F3N3O3/c1-11(15(25)21-8-12-5-3-2-4-6-12)22-16(26)13-7-14(24)23(9-13)10-17(18,19)20/h2-6,11,13H,7-10H2,1H3,(H,21,25)(H,22,26). The predicted molar refractivity (Wildman–Crippen MR) is 86.6 cm³/mol. The molecule has 142 valence electrons. The van der Waals surface area contributed by atoms with Crippen LogP contribution < -0.4 is 10.6 Å². The van der Waals surface area contributed by atoms with Crippen LogP contribution >= 0.6 is 0 Å². The molecule has 1 fully saturated rings. The minimum absolute atomic E-state index is 0.291. The first kappa shape index (κ1) is 19.7. The van der Waals surface area contributed by atoms with Crippen LogP contribution in [-0.4, -0.2) is 47.9 Å². The van der Waals surface area contributed by atoms with Gasteiger partial charge in [0.25, 0.3) is 0 Å². The summed E-state index contributed by atoms with van der Waals surface area (Å²) in [5.74, 6) is -2.64. The van der Waals surface area contributed by atoms with Gasteiger partial charge in [-0.05, 0) is 12.5 Å². The van der Waals surface area contributed by atoms with Crippen molar-refractivity contribution >= 4 is 17.7 Å². The van der Waals surface area contributed by atoms with Gasteiger partial charge in [-0.1, -0.05) is 30.3 Å². The second-order valence-electron chi connectivity index (χ2n) is 6.22. The fourth-order valence-electron chi connectivity index (χ4n) is 2.65. The third kappa shape index (κ3) is 5.75. The summed E-state index contributed by atoms with van der Waals surface area (Å²) >= 11 is 0. The van der Waals surface area contributed by atoms with Gasteiger partial charge < -0.3 is 15.5 Å². The van der Waals surface area contributed by atoms with Gasteiger partial charge in [0.05, 0.1) is 5.92 Å². The number of carbonyl (C=O) groups is 3. The van der Waals surface area contributed by atoms with E-state index in [9.17, 15) is 27.6 Å². The van der Waals surface area contributed by atoms with Crippen molar-refractivity contribution in [3.05, 3.63) is 35.9 Å². The molecule has 9 heteroatoms. The topological polar surface area (TPSA) is 78.5 Å². The van der Waals surface area contributed by atoms with Gasteiger partial charge in [-0.15, -0.1) is 0 Å². The minimum atomic E-state index is -4.51. The molecule has 26 heavy (non-hydrogen) atoms. The molecule has 0 aromatic heterocycles. The number of benzene rings is 1. The van der Waals surface area contributed by atoms with Gasteiger partial charge in [0.15, 0.2) is 0 Å². The van der Waals surface area contributed by atoms with Gasteiger partial charge in [0.1, 0.15) is 12.6 Å². The zero-order valence-corrected chi connectivity index (χ0v) is 14.2. The Morgan fingerprint density at radius 1 is 1.27 bits per heavy atom. The number of carbonyl (C=O) groups excluding carboxylic acids is 3. The van der Waals surface area contributed by atoms with E-state index in [1.165, 1.54) is 6.92 Å². The van der Waals surface area contributed by atoms with Gasteiger partial charge in [-0.25, -0.2) is 0 Å². The van der Waals surface area contributed by atoms with Crippen LogP contribution in [-0.2, 0) is 20.9 Å². The van der Waals surface area contributed by atoms with Gasteiger partial charge in [-0.3, -0.25) is 14.4 Å². The Bertz CT molecular complexity index is 664. The van der Waals surface area contributed by atoms with Crippen molar-refractivity contribution in [2.24, 2.45) is 5.92 Å². The number of hydrogen-bond acceptors (Lipinski definition) is 3. The molecule has 0 spiro atoms. The molecular weight excluding hydrogens is 351 g/mol. The van der Waals surface area contributed by atoms with Crippen LogP contribution in [0.1, 0.15) is 18.9 Å². The molecule has 1 heterocycles. The lowest BCUT2D eigenvalue weighted by Gasteiger charge is -2.19. The highest BCUT2D eigenvalue weighted by molar-refractivity contribution is 5.92. The first-order valence-electron chi connectivity index (χ1n) is 8.12. The second-order valence-corrected chi connectivity index (χ2v) is 6.22. The molecule has 6 nitrogen and oxygen atoms in total. The summed E-state index contributed by atoms with van der Waals surface area (Å²) in [6.07, 6.45) is -4.80. The third-order valence-electron chi connectivity index (χ3n) is 4.02. The van der Waals surface area contributed by atoms with Crippen LogP contribution in [0.2, 0.25) is 0 Å². The van der Waals surface area contributed by atoms with Crippen molar-refractivity contribution in [1.29, 1.82) is 0 Å². The number of alkyl halides is 3. The van der Waals surface area contributed by atoms with E-state index in [-0.39, 0.29) is 13.0 Å². The fourth-order valence-corrected chi connectivity index (χ4v) is 2.65. The maximum Gasteiger partial charge on any atom is 0.406 e. The third-order valence-corrected chi connectivity index (χ3v) is 4.02. The average Bonchev–Trinajstić information content (AvgIpc) is 2.92. The second kappa shape index (κ2) is 8.20. The first-order valence-corrected chi connectivity index (χ1v) is 8.12. The fraction of sp³-hybridized carbons (Fsp3) is 0.471. The van der Waals surface area contributed by atoms with Crippen molar-refractivity contribution in [1.82, 2.24) is 15.5 Å². The SMILES string of the molecule is CC(NC(=O)C1CC(=O)N(CC(F)(F)F)C1)C(=O)NCc1ccccc1. The molecule has 0 saturated carbocycles. The van der Waals surface area contributed by atoms with E-state index in [4.69, 9.17) is 0 Å². The van der Waals surface area contributed by atoms with Crippen molar-refractivity contribution in [3.63, 3.8) is 0 Å². The van der Waals surface area contributed by atoms with E-state index in [1.807, 2.05) is 30.3 Å². The number of halogens is 3. The molecule has 2 unspecified atom stereocenters. The van der Waals surface area contributed by atoms with E-state index in [1.54, 1.807) is 0 Å². The van der Waals surface area contributed by atoms with Crippen molar-refractivity contribution in [2.45, 2.75) is 32.1 Å². The molecule has 1 aromatic carbocycles. The Balaban J connectivity index is 1.81. The van der Waals surface area contributed by atoms with E-state index >= 15 is 0 Å². The van der Waals surface area contributed by atoms with Crippen molar-refractivity contribution in [2.75, 3.05) is 13.1 Å². The van der Waals surface area contributed by atoms with E-state index in [0.717, 1.165) is 5.56 Å². The quantitative estimate of drug-likeness (QED) is 0.789. The van der Waals surface area contributed by atoms with Crippen LogP contribution in [0.25, 0.3) is 0 Å². The Labute approximate surface area is 148 Å². The molecular formula is C17H20F3N3O3. The number of rotatable bonds is 6. The number of amides is 3. The minimum Gasteiger partial charge on any atom is -0.350 e. The Morgan fingerprint density at radius 2 is 1.92 bits per heavy atom. The summed E-state index contributed by atoms with van der Waals surface area (Å²) in [5, 5.41) is 5.11. The van der Waals surface area contributed by atoms with E-state index in [2.05, 4.69) is 10.6 Å². The first-order chi connectivity index (χ1) is 12.2. The molecule has 0 radical (unpaired) electrons. The maximum absolute atomic E-state index is 12.4. The van der Waals surface area contributed by atoms with Gasteiger partial charge >= 0.3 is 6.18 Å². The molecule has 1 aromatic rings. The summed E-state index contributed by atoms with van der Waals surface area (Å²) in [6, 6.07) is 8.32. The van der Waals surface area contributed by atoms with E-state index in [0.29, 0.717) is 11.4 Å². The molecule has 1 aliphatic rings. The molecule has 2 atom stereocenters. The zero-order chi connectivity index (χ0) is 19.3. The predicted octanol–water partition coefficient (Wildman–Crippen LogP) is 1.22. The number of hydrogen-bond donors (Lipinski definition) is 2. The maximum atomic E-state index is 12.4. The average molecular weight is 371 g/mol. The highest BCUT2D eigenvalue weighted by Crippen LogP contribution is 2.24. The molecule has 3 amide bonds. The normalized spacial score (nSPS) is 18.5. The summed E-state index contributed by atoms with van der Waals surface area (Å²) in [7, 11) is 0. The van der Waals surface area contributed by atoms with Crippen LogP contribution in [0.3, 0.4) is 0 Å². The molecule has 2 rings (SSSR count). The number of nitrogens with one attached hydrogen (secondary N) is 2. The number of likely N-dealkylation sites (tertiary alicyclic amines) is 1. The highest BCUT2D eigenvalue weighted by Gasteiger charge is 2.40. The van der Waals surface area contributed by atoms with Crippen LogP contribution in [0.5, 0.6) is 0 Å². The summed E-state index contributed by atoms with van der Waals surface area (Å²) in [4.78, 5) is 36.4. The summed E-state index contributed by atoms with van der Waals surface area (Å²) in [5.41, 5.74) is 0.892. The Kier molecular flexibility index (Phi) is 6.23. The van der Waals surface area contributed by atoms with Crippen LogP contribution in [0.15, 0.2) is 30.3 Å². The monoisotopic (exact) mass is 371 g/mol. The van der Waals surface area contributed by atoms with Crippen LogP contribution in [0.4, 0.5) is 13.2 Å². The molecule has 1 aliphatic heterocycles. The van der Waals surface area contributed by atoms with E-state index < -0.39 is 42.4 Å². The summed E-state index contributed by atoms with van der Waals surface area (Å²) in [6.45, 7) is 0.0922. The number of nitrogens with zero attached hydrogens (tertiary/aromatic N) is 1. The lowest BCUT2D eigenvalue weighted by Crippen LogP contribution is -2.47. The largest absolute Gasteiger partial charge is 0.406 e. The lowest BCUT2D eigenvalue weighted by atomic mass is 10.1. The van der Waals surface area contributed by atoms with Crippen molar-refractivity contribution < 1.29 is 27.6 Å². The highest BCUT2D eigenvalue weighted by atomic mass is 19.4. The Hall–Kier alpha value is -2.58. The molecule has 0 bridgehead atoms. The van der Waals surface area contributed by atoms with Gasteiger partial charge in [-0.2, -0.15) is 13.2 Å². The molecule has 1 saturated heterocycles. The Morgan fingerprint density at radius 3 is 2.54 bits per heavy atom. The smallest absolute Gasteiger partial charge is 0.350 e. The van der Waals surface area contributed by atoms with Crippen molar-refractivity contribution in [3.8, 4) is 0 Å². The van der Waals surface area contributed by atoms with Gasteiger partial charge in [0, 0.05) is 19.5 Å².